The van der Waals surface area contributed by atoms with Crippen LogP contribution in [0, 0.1) is 11.7 Å². The van der Waals surface area contributed by atoms with Gasteiger partial charge in [0.1, 0.15) is 5.75 Å². The van der Waals surface area contributed by atoms with Gasteiger partial charge in [-0.2, -0.15) is 0 Å². The van der Waals surface area contributed by atoms with Gasteiger partial charge < -0.3 is 10.1 Å². The number of para-hydroxylation sites is 1. The lowest BCUT2D eigenvalue weighted by molar-refractivity contribution is 0.441. The van der Waals surface area contributed by atoms with Gasteiger partial charge in [0.05, 0.1) is 5.02 Å². The summed E-state index contributed by atoms with van der Waals surface area (Å²) in [6.07, 6.45) is 0. The smallest absolute Gasteiger partial charge is 0.166 e. The van der Waals surface area contributed by atoms with Gasteiger partial charge in [0.2, 0.25) is 0 Å². The highest BCUT2D eigenvalue weighted by molar-refractivity contribution is 6.32. The van der Waals surface area contributed by atoms with Gasteiger partial charge in [0, 0.05) is 6.54 Å². The predicted octanol–water partition coefficient (Wildman–Crippen LogP) is 5.02. The minimum atomic E-state index is -0.390. The molecule has 1 N–H and O–H groups in total. The van der Waals surface area contributed by atoms with Gasteiger partial charge in [-0.25, -0.2) is 4.39 Å². The van der Waals surface area contributed by atoms with Crippen molar-refractivity contribution in [2.24, 2.45) is 5.92 Å². The average molecular weight is 308 g/mol. The summed E-state index contributed by atoms with van der Waals surface area (Å²) in [6.45, 7) is 5.81. The van der Waals surface area contributed by atoms with Crippen molar-refractivity contribution in [2.45, 2.75) is 20.4 Å². The van der Waals surface area contributed by atoms with E-state index in [0.717, 1.165) is 12.1 Å². The first kappa shape index (κ1) is 15.8. The number of hydrogen-bond acceptors (Lipinski definition) is 2. The van der Waals surface area contributed by atoms with E-state index in [9.17, 15) is 4.39 Å². The van der Waals surface area contributed by atoms with Crippen LogP contribution in [0.2, 0.25) is 5.02 Å². The van der Waals surface area contributed by atoms with E-state index in [0.29, 0.717) is 23.2 Å². The molecule has 2 rings (SSSR count). The van der Waals surface area contributed by atoms with Gasteiger partial charge in [-0.15, -0.1) is 0 Å². The lowest BCUT2D eigenvalue weighted by atomic mass is 10.2. The van der Waals surface area contributed by atoms with Gasteiger partial charge in [0.25, 0.3) is 0 Å². The second-order valence-electron chi connectivity index (χ2n) is 5.32. The highest BCUT2D eigenvalue weighted by Gasteiger charge is 2.08. The third kappa shape index (κ3) is 4.73. The third-order valence-corrected chi connectivity index (χ3v) is 3.25. The van der Waals surface area contributed by atoms with Crippen LogP contribution < -0.4 is 10.1 Å². The molecule has 0 aliphatic heterocycles. The molecule has 0 bridgehead atoms. The molecule has 0 saturated carbocycles. The first-order valence-corrected chi connectivity index (χ1v) is 7.35. The van der Waals surface area contributed by atoms with Gasteiger partial charge in [0.15, 0.2) is 11.6 Å². The largest absolute Gasteiger partial charge is 0.453 e. The molecule has 2 aromatic carbocycles. The second-order valence-corrected chi connectivity index (χ2v) is 5.73. The minimum Gasteiger partial charge on any atom is -0.453 e. The number of halogens is 2. The van der Waals surface area contributed by atoms with E-state index < -0.39 is 5.82 Å². The van der Waals surface area contributed by atoms with Gasteiger partial charge in [-0.05, 0) is 42.3 Å². The van der Waals surface area contributed by atoms with E-state index in [4.69, 9.17) is 16.3 Å². The van der Waals surface area contributed by atoms with Crippen LogP contribution in [-0.2, 0) is 6.54 Å². The van der Waals surface area contributed by atoms with Crippen LogP contribution in [-0.4, -0.2) is 6.54 Å². The first-order valence-electron chi connectivity index (χ1n) is 6.98. The van der Waals surface area contributed by atoms with Crippen molar-refractivity contribution in [2.75, 3.05) is 6.54 Å². The topological polar surface area (TPSA) is 21.3 Å². The zero-order valence-electron chi connectivity index (χ0n) is 12.2. The fraction of sp³-hybridized carbons (Fsp3) is 0.294. The molecule has 0 atom stereocenters. The summed E-state index contributed by atoms with van der Waals surface area (Å²) in [4.78, 5) is 0. The molecule has 112 valence electrons. The molecule has 0 heterocycles. The van der Waals surface area contributed by atoms with Gasteiger partial charge in [-0.3, -0.25) is 0 Å². The summed E-state index contributed by atoms with van der Waals surface area (Å²) >= 11 is 6.00. The van der Waals surface area contributed by atoms with Crippen molar-refractivity contribution in [1.29, 1.82) is 0 Å². The third-order valence-electron chi connectivity index (χ3n) is 2.93. The van der Waals surface area contributed by atoms with Crippen LogP contribution in [0.25, 0.3) is 0 Å². The molecule has 0 radical (unpaired) electrons. The fourth-order valence-electron chi connectivity index (χ4n) is 1.89. The molecule has 0 unspecified atom stereocenters. The van der Waals surface area contributed by atoms with E-state index in [2.05, 4.69) is 19.2 Å². The Labute approximate surface area is 129 Å². The molecule has 0 fully saturated rings. The zero-order valence-corrected chi connectivity index (χ0v) is 13.0. The highest BCUT2D eigenvalue weighted by atomic mass is 35.5. The lowest BCUT2D eigenvalue weighted by Gasteiger charge is -2.11. The van der Waals surface area contributed by atoms with E-state index in [1.165, 1.54) is 6.07 Å². The summed E-state index contributed by atoms with van der Waals surface area (Å²) in [5.74, 6) is 0.802. The van der Waals surface area contributed by atoms with Crippen LogP contribution in [0.5, 0.6) is 11.5 Å². The number of rotatable bonds is 6. The number of nitrogens with one attached hydrogen (secondary N) is 1. The molecule has 2 aromatic rings. The van der Waals surface area contributed by atoms with Crippen LogP contribution in [0.3, 0.4) is 0 Å². The summed E-state index contributed by atoms with van der Waals surface area (Å²) in [6, 6.07) is 12.0. The molecular formula is C17H19ClFNO. The Bertz CT molecular complexity index is 601. The van der Waals surface area contributed by atoms with Crippen molar-refractivity contribution in [3.63, 3.8) is 0 Å². The Hall–Kier alpha value is -1.58. The van der Waals surface area contributed by atoms with Crippen LogP contribution in [0.1, 0.15) is 19.4 Å². The van der Waals surface area contributed by atoms with Crippen molar-refractivity contribution < 1.29 is 9.13 Å². The lowest BCUT2D eigenvalue weighted by Crippen LogP contribution is -2.18. The van der Waals surface area contributed by atoms with Crippen molar-refractivity contribution in [3.05, 3.63) is 58.9 Å². The first-order chi connectivity index (χ1) is 10.1. The monoisotopic (exact) mass is 307 g/mol. The Kier molecular flexibility index (Phi) is 5.59. The number of benzene rings is 2. The van der Waals surface area contributed by atoms with Gasteiger partial charge in [-0.1, -0.05) is 43.6 Å². The van der Waals surface area contributed by atoms with Crippen LogP contribution in [0.4, 0.5) is 4.39 Å². The molecule has 0 aromatic heterocycles. The number of hydrogen-bond donors (Lipinski definition) is 1. The molecular weight excluding hydrogens is 289 g/mol. The Morgan fingerprint density at radius 1 is 1.14 bits per heavy atom. The quantitative estimate of drug-likeness (QED) is 0.809. The summed E-state index contributed by atoms with van der Waals surface area (Å²) < 4.78 is 19.6. The zero-order chi connectivity index (χ0) is 15.2. The summed E-state index contributed by atoms with van der Waals surface area (Å²) in [5, 5.41) is 3.74. The molecule has 0 aliphatic rings. The van der Waals surface area contributed by atoms with E-state index in [-0.39, 0.29) is 5.75 Å². The molecule has 0 aliphatic carbocycles. The SMILES string of the molecule is CC(C)CNCc1ccc(Oc2ccccc2Cl)c(F)c1. The van der Waals surface area contributed by atoms with Crippen LogP contribution in [0.15, 0.2) is 42.5 Å². The average Bonchev–Trinajstić information content (AvgIpc) is 2.43. The molecule has 0 spiro atoms. The van der Waals surface area contributed by atoms with Crippen molar-refractivity contribution in [1.82, 2.24) is 5.32 Å². The maximum Gasteiger partial charge on any atom is 0.166 e. The predicted molar refractivity (Wildman–Crippen MR) is 84.5 cm³/mol. The van der Waals surface area contributed by atoms with Crippen molar-refractivity contribution in [3.8, 4) is 11.5 Å². The number of ether oxygens (including phenoxy) is 1. The summed E-state index contributed by atoms with van der Waals surface area (Å²) in [5.41, 5.74) is 0.889. The van der Waals surface area contributed by atoms with Crippen LogP contribution >= 0.6 is 11.6 Å². The molecule has 0 saturated heterocycles. The standard InChI is InChI=1S/C17H19ClFNO/c1-12(2)10-20-11-13-7-8-17(15(19)9-13)21-16-6-4-3-5-14(16)18/h3-9,12,20H,10-11H2,1-2H3. The van der Waals surface area contributed by atoms with E-state index >= 15 is 0 Å². The summed E-state index contributed by atoms with van der Waals surface area (Å²) in [7, 11) is 0. The molecule has 4 heteroatoms. The maximum absolute atomic E-state index is 14.1. The molecule has 21 heavy (non-hydrogen) atoms. The van der Waals surface area contributed by atoms with Gasteiger partial charge >= 0.3 is 0 Å². The van der Waals surface area contributed by atoms with Crippen molar-refractivity contribution >= 4 is 11.6 Å². The molecule has 0 amide bonds. The highest BCUT2D eigenvalue weighted by Crippen LogP contribution is 2.30. The maximum atomic E-state index is 14.1. The minimum absolute atomic E-state index is 0.177. The Morgan fingerprint density at radius 3 is 2.57 bits per heavy atom. The molecule has 2 nitrogen and oxygen atoms in total. The normalized spacial score (nSPS) is 10.9. The van der Waals surface area contributed by atoms with E-state index in [1.54, 1.807) is 30.3 Å². The second kappa shape index (κ2) is 7.43. The Balaban J connectivity index is 2.04. The van der Waals surface area contributed by atoms with E-state index in [1.807, 2.05) is 6.07 Å². The Morgan fingerprint density at radius 2 is 1.90 bits per heavy atom. The fourth-order valence-corrected chi connectivity index (χ4v) is 2.06.